The molecule has 0 radical (unpaired) electrons. The minimum Gasteiger partial charge on any atom is -0.366 e. The van der Waals surface area contributed by atoms with Crippen molar-refractivity contribution < 1.29 is 14.4 Å². The Bertz CT molecular complexity index is 1780. The highest BCUT2D eigenvalue weighted by Crippen LogP contribution is 2.47. The first-order chi connectivity index (χ1) is 22.7. The number of rotatable bonds is 10. The fourth-order valence-electron chi connectivity index (χ4n) is 7.18. The third kappa shape index (κ3) is 6.22. The molecule has 2 atom stereocenters. The van der Waals surface area contributed by atoms with E-state index in [-0.39, 0.29) is 18.5 Å². The average molecular weight is 632 g/mol. The van der Waals surface area contributed by atoms with Crippen LogP contribution >= 0.6 is 0 Å². The Morgan fingerprint density at radius 1 is 1.02 bits per heavy atom. The lowest BCUT2D eigenvalue weighted by molar-refractivity contribution is -0.130. The number of primary amides is 2. The average Bonchev–Trinajstić information content (AvgIpc) is 3.77. The quantitative estimate of drug-likeness (QED) is 0.204. The summed E-state index contributed by atoms with van der Waals surface area (Å²) in [5.41, 5.74) is 16.9. The lowest BCUT2D eigenvalue weighted by Gasteiger charge is -2.37. The van der Waals surface area contributed by atoms with Gasteiger partial charge in [0.1, 0.15) is 6.04 Å². The molecule has 0 saturated carbocycles. The van der Waals surface area contributed by atoms with Gasteiger partial charge in [0.25, 0.3) is 0 Å². The van der Waals surface area contributed by atoms with Crippen LogP contribution in [0.5, 0.6) is 0 Å². The molecular weight excluding hydrogens is 594 g/mol. The summed E-state index contributed by atoms with van der Waals surface area (Å²) in [6.45, 7) is 2.63. The maximum absolute atomic E-state index is 13.5. The van der Waals surface area contributed by atoms with E-state index in [1.807, 2.05) is 31.2 Å². The van der Waals surface area contributed by atoms with Crippen molar-refractivity contribution in [1.82, 2.24) is 30.8 Å². The van der Waals surface area contributed by atoms with Gasteiger partial charge < -0.3 is 21.7 Å². The van der Waals surface area contributed by atoms with Crippen molar-refractivity contribution in [2.24, 2.45) is 11.5 Å². The molecule has 0 bridgehead atoms. The van der Waals surface area contributed by atoms with Crippen LogP contribution in [0.25, 0.3) is 0 Å². The van der Waals surface area contributed by atoms with Gasteiger partial charge in [-0.3, -0.25) is 14.4 Å². The second kappa shape index (κ2) is 13.1. The summed E-state index contributed by atoms with van der Waals surface area (Å²) in [7, 11) is 0. The van der Waals surface area contributed by atoms with E-state index in [2.05, 4.69) is 56.3 Å². The van der Waals surface area contributed by atoms with Crippen LogP contribution in [0.3, 0.4) is 0 Å². The van der Waals surface area contributed by atoms with Crippen molar-refractivity contribution in [3.63, 3.8) is 0 Å². The highest BCUT2D eigenvalue weighted by Gasteiger charge is 2.46. The van der Waals surface area contributed by atoms with E-state index in [0.29, 0.717) is 55.6 Å². The molecule has 6 rings (SSSR count). The van der Waals surface area contributed by atoms with Crippen molar-refractivity contribution >= 4 is 17.7 Å². The molecule has 1 aliphatic heterocycles. The van der Waals surface area contributed by atoms with Crippen LogP contribution in [-0.4, -0.2) is 68.4 Å². The molecule has 2 aliphatic rings. The lowest BCUT2D eigenvalue weighted by Crippen LogP contribution is -2.47. The molecule has 240 valence electrons. The first-order valence-electron chi connectivity index (χ1n) is 15.8. The summed E-state index contributed by atoms with van der Waals surface area (Å²) in [4.78, 5) is 39.7. The number of amides is 3. The van der Waals surface area contributed by atoms with Crippen molar-refractivity contribution in [2.45, 2.75) is 62.9 Å². The van der Waals surface area contributed by atoms with E-state index in [1.165, 1.54) is 0 Å². The number of likely N-dealkylation sites (tertiary alicyclic amines) is 1. The first kappa shape index (κ1) is 31.6. The molecule has 1 aliphatic carbocycles. The Morgan fingerprint density at radius 2 is 1.66 bits per heavy atom. The van der Waals surface area contributed by atoms with Gasteiger partial charge in [-0.15, -0.1) is 10.2 Å². The summed E-state index contributed by atoms with van der Waals surface area (Å²) in [6.07, 6.45) is 3.55. The van der Waals surface area contributed by atoms with Crippen LogP contribution in [0.4, 0.5) is 0 Å². The van der Waals surface area contributed by atoms with Crippen molar-refractivity contribution in [2.75, 3.05) is 13.1 Å². The predicted molar refractivity (Wildman–Crippen MR) is 173 cm³/mol. The number of carbonyl (C=O) groups excluding carboxylic acids is 3. The van der Waals surface area contributed by atoms with Crippen LogP contribution in [0.1, 0.15) is 79.2 Å². The van der Waals surface area contributed by atoms with E-state index in [9.17, 15) is 19.6 Å². The molecule has 0 spiro atoms. The largest absolute Gasteiger partial charge is 0.366 e. The SMILES string of the molecule is Cc1ccc(C[C@@H](CC2(c3nn[nH]n3)c3ccc(C(N)=O)cc3CCc3cc(C(N)=O)ccc32)NCC(=O)N2CCCC2C#N)cc1. The Kier molecular flexibility index (Phi) is 8.82. The van der Waals surface area contributed by atoms with Crippen LogP contribution in [-0.2, 0) is 29.5 Å². The number of hydrogen-bond donors (Lipinski definition) is 4. The fraction of sp³-hybridized carbons (Fsp3) is 0.343. The van der Waals surface area contributed by atoms with Gasteiger partial charge in [0.15, 0.2) is 5.82 Å². The number of H-pyrrole nitrogens is 1. The van der Waals surface area contributed by atoms with Crippen molar-refractivity contribution in [3.8, 4) is 6.07 Å². The Labute approximate surface area is 272 Å². The Morgan fingerprint density at radius 3 is 2.21 bits per heavy atom. The topological polar surface area (TPSA) is 197 Å². The highest BCUT2D eigenvalue weighted by atomic mass is 16.2. The third-order valence-electron chi connectivity index (χ3n) is 9.51. The summed E-state index contributed by atoms with van der Waals surface area (Å²) in [6, 6.07) is 20.6. The molecular formula is C35H37N9O3. The molecule has 2 heterocycles. The van der Waals surface area contributed by atoms with Gasteiger partial charge in [-0.2, -0.15) is 10.5 Å². The van der Waals surface area contributed by atoms with Crippen LogP contribution in [0, 0.1) is 18.3 Å². The zero-order valence-electron chi connectivity index (χ0n) is 26.2. The number of nitrogens with zero attached hydrogens (tertiary/aromatic N) is 5. The molecule has 1 saturated heterocycles. The number of aromatic nitrogens is 4. The zero-order valence-corrected chi connectivity index (χ0v) is 26.2. The molecule has 6 N–H and O–H groups in total. The number of aryl methyl sites for hydroxylation is 3. The number of benzene rings is 3. The normalized spacial score (nSPS) is 17.2. The van der Waals surface area contributed by atoms with Crippen molar-refractivity contribution in [3.05, 3.63) is 111 Å². The summed E-state index contributed by atoms with van der Waals surface area (Å²) in [5.74, 6) is -0.793. The molecule has 1 aromatic heterocycles. The Hall–Kier alpha value is -5.41. The summed E-state index contributed by atoms with van der Waals surface area (Å²) in [5, 5.41) is 28.8. The summed E-state index contributed by atoms with van der Waals surface area (Å²) >= 11 is 0. The number of nitrogens with two attached hydrogens (primary N) is 2. The number of hydrogen-bond acceptors (Lipinski definition) is 8. The van der Waals surface area contributed by atoms with E-state index in [1.54, 1.807) is 17.0 Å². The predicted octanol–water partition coefficient (Wildman–Crippen LogP) is 2.24. The van der Waals surface area contributed by atoms with Crippen molar-refractivity contribution in [1.29, 1.82) is 5.26 Å². The van der Waals surface area contributed by atoms with Crippen LogP contribution in [0.15, 0.2) is 60.7 Å². The maximum Gasteiger partial charge on any atom is 0.248 e. The number of nitrogens with one attached hydrogen (secondary N) is 2. The fourth-order valence-corrected chi connectivity index (χ4v) is 7.18. The Balaban J connectivity index is 1.50. The standard InChI is InChI=1S/C35H37N9O3/c1-21-4-6-22(7-5-21)15-27(39-20-31(45)44-14-2-3-28(44)19-36)18-35(34-40-42-43-41-34)29-12-10-25(32(37)46)16-23(29)8-9-24-17-26(33(38)47)11-13-30(24)35/h4-7,10-13,16-17,27-28,39H,2-3,8-9,14-15,18,20H2,1H3,(H2,37,46)(H2,38,47)(H,40,41,42,43)/t27-,28?/m0/s1. The maximum atomic E-state index is 13.5. The molecule has 3 amide bonds. The second-order valence-electron chi connectivity index (χ2n) is 12.5. The minimum absolute atomic E-state index is 0.0397. The number of nitriles is 1. The second-order valence-corrected chi connectivity index (χ2v) is 12.5. The number of fused-ring (bicyclic) bond motifs is 2. The zero-order chi connectivity index (χ0) is 33.1. The van der Waals surface area contributed by atoms with Gasteiger partial charge in [-0.1, -0.05) is 47.2 Å². The first-order valence-corrected chi connectivity index (χ1v) is 15.8. The van der Waals surface area contributed by atoms with E-state index < -0.39 is 23.3 Å². The van der Waals surface area contributed by atoms with E-state index in [4.69, 9.17) is 11.5 Å². The molecule has 1 unspecified atom stereocenters. The van der Waals surface area contributed by atoms with Crippen LogP contribution in [0.2, 0.25) is 0 Å². The van der Waals surface area contributed by atoms with Gasteiger partial charge in [0.05, 0.1) is 18.0 Å². The molecule has 4 aromatic rings. The number of tetrazole rings is 1. The van der Waals surface area contributed by atoms with Gasteiger partial charge >= 0.3 is 0 Å². The smallest absolute Gasteiger partial charge is 0.248 e. The van der Waals surface area contributed by atoms with Gasteiger partial charge in [-0.25, -0.2) is 0 Å². The number of aromatic amines is 1. The monoisotopic (exact) mass is 631 g/mol. The third-order valence-corrected chi connectivity index (χ3v) is 9.51. The van der Waals surface area contributed by atoms with Gasteiger partial charge in [0, 0.05) is 23.7 Å². The molecule has 1 fully saturated rings. The molecule has 12 nitrogen and oxygen atoms in total. The lowest BCUT2D eigenvalue weighted by atomic mass is 9.67. The van der Waals surface area contributed by atoms with Gasteiger partial charge in [-0.05, 0) is 97.5 Å². The molecule has 12 heteroatoms. The minimum atomic E-state index is -1.02. The van der Waals surface area contributed by atoms with Crippen LogP contribution < -0.4 is 16.8 Å². The van der Waals surface area contributed by atoms with E-state index in [0.717, 1.165) is 39.8 Å². The van der Waals surface area contributed by atoms with Gasteiger partial charge in [0.2, 0.25) is 17.7 Å². The summed E-state index contributed by atoms with van der Waals surface area (Å²) < 4.78 is 0. The molecule has 3 aromatic carbocycles. The number of carbonyl (C=O) groups is 3. The van der Waals surface area contributed by atoms with E-state index >= 15 is 0 Å². The molecule has 47 heavy (non-hydrogen) atoms. The highest BCUT2D eigenvalue weighted by molar-refractivity contribution is 5.94.